The first kappa shape index (κ1) is 19.4. The fourth-order valence-corrected chi connectivity index (χ4v) is 3.67. The predicted octanol–water partition coefficient (Wildman–Crippen LogP) is 2.50. The van der Waals surface area contributed by atoms with Gasteiger partial charge in [-0.1, -0.05) is 42.5 Å². The lowest BCUT2D eigenvalue weighted by molar-refractivity contribution is -0.127. The Morgan fingerprint density at radius 2 is 1.86 bits per heavy atom. The van der Waals surface area contributed by atoms with Gasteiger partial charge < -0.3 is 15.2 Å². The monoisotopic (exact) mass is 391 g/mol. The van der Waals surface area contributed by atoms with Gasteiger partial charge in [0.15, 0.2) is 6.10 Å². The minimum Gasteiger partial charge on any atom is -0.479 e. The van der Waals surface area contributed by atoms with Crippen molar-refractivity contribution in [2.24, 2.45) is 0 Å². The van der Waals surface area contributed by atoms with Crippen molar-refractivity contribution in [2.45, 2.75) is 32.2 Å². The third-order valence-corrected chi connectivity index (χ3v) is 5.16. The second-order valence-corrected chi connectivity index (χ2v) is 7.43. The van der Waals surface area contributed by atoms with Crippen molar-refractivity contribution in [1.29, 1.82) is 0 Å². The van der Waals surface area contributed by atoms with E-state index in [1.165, 1.54) is 11.1 Å². The van der Waals surface area contributed by atoms with E-state index in [0.29, 0.717) is 12.3 Å². The van der Waals surface area contributed by atoms with Crippen molar-refractivity contribution in [2.75, 3.05) is 13.1 Å². The number of hydrogen-bond acceptors (Lipinski definition) is 5. The van der Waals surface area contributed by atoms with Gasteiger partial charge in [-0.3, -0.25) is 14.7 Å². The molecule has 0 saturated heterocycles. The molecule has 0 aliphatic carbocycles. The molecule has 0 radical (unpaired) electrons. The maximum atomic E-state index is 12.4. The Morgan fingerprint density at radius 1 is 1.14 bits per heavy atom. The number of β-amino-alcohol motifs (C(OH)–C–C–N with tert-alkyl or cyclic N) is 1. The number of aliphatic hydroxyl groups is 1. The molecule has 1 unspecified atom stereocenters. The maximum absolute atomic E-state index is 12.4. The number of fused-ring (bicyclic) bond motifs is 2. The first-order chi connectivity index (χ1) is 14.1. The summed E-state index contributed by atoms with van der Waals surface area (Å²) >= 11 is 0. The topological polar surface area (TPSA) is 74.7 Å². The van der Waals surface area contributed by atoms with Crippen LogP contribution in [0, 0.1) is 0 Å². The number of benzene rings is 2. The van der Waals surface area contributed by atoms with Gasteiger partial charge in [-0.15, -0.1) is 0 Å². The highest BCUT2D eigenvalue weighted by atomic mass is 16.5. The van der Waals surface area contributed by atoms with E-state index in [-0.39, 0.29) is 12.5 Å². The van der Waals surface area contributed by atoms with Gasteiger partial charge in [0.1, 0.15) is 11.3 Å². The molecule has 0 bridgehead atoms. The number of hydrogen-bond donors (Lipinski definition) is 2. The number of nitrogens with zero attached hydrogens (tertiary/aromatic N) is 2. The number of nitrogens with one attached hydrogen (secondary N) is 1. The number of aromatic nitrogens is 1. The predicted molar refractivity (Wildman–Crippen MR) is 111 cm³/mol. The van der Waals surface area contributed by atoms with E-state index in [1.807, 2.05) is 36.4 Å². The summed E-state index contributed by atoms with van der Waals surface area (Å²) in [4.78, 5) is 18.9. The molecule has 1 aromatic heterocycles. The van der Waals surface area contributed by atoms with Crippen LogP contribution in [0.5, 0.6) is 5.75 Å². The van der Waals surface area contributed by atoms with Gasteiger partial charge in [0, 0.05) is 37.8 Å². The number of carbonyl (C=O) groups excluding carboxylic acids is 1. The van der Waals surface area contributed by atoms with Crippen LogP contribution in [0.2, 0.25) is 0 Å². The van der Waals surface area contributed by atoms with Crippen molar-refractivity contribution < 1.29 is 14.6 Å². The number of carbonyl (C=O) groups is 1. The van der Waals surface area contributed by atoms with Crippen LogP contribution in [0.15, 0.2) is 60.8 Å². The summed E-state index contributed by atoms with van der Waals surface area (Å²) in [5.41, 5.74) is 3.33. The average molecular weight is 391 g/mol. The lowest BCUT2D eigenvalue weighted by Crippen LogP contribution is -2.43. The van der Waals surface area contributed by atoms with Gasteiger partial charge in [0.25, 0.3) is 5.91 Å². The number of aliphatic hydroxyl groups excluding tert-OH is 1. The van der Waals surface area contributed by atoms with Crippen molar-refractivity contribution >= 4 is 16.8 Å². The average Bonchev–Trinajstić information content (AvgIpc) is 3.14. The Hall–Kier alpha value is -2.96. The van der Waals surface area contributed by atoms with Crippen LogP contribution in [0.4, 0.5) is 0 Å². The summed E-state index contributed by atoms with van der Waals surface area (Å²) in [5.74, 6) is 0.308. The molecule has 4 rings (SSSR count). The van der Waals surface area contributed by atoms with Crippen molar-refractivity contribution in [3.8, 4) is 5.75 Å². The molecule has 2 atom stereocenters. The van der Waals surface area contributed by atoms with Crippen LogP contribution in [-0.4, -0.2) is 46.2 Å². The molecule has 6 nitrogen and oxygen atoms in total. The lowest BCUT2D eigenvalue weighted by atomic mass is 10.1. The molecular formula is C23H25N3O3. The largest absolute Gasteiger partial charge is 0.479 e. The Kier molecular flexibility index (Phi) is 5.74. The molecule has 0 spiro atoms. The number of amides is 1. The highest BCUT2D eigenvalue weighted by molar-refractivity contribution is 5.85. The first-order valence-corrected chi connectivity index (χ1v) is 9.85. The molecule has 2 aromatic carbocycles. The van der Waals surface area contributed by atoms with E-state index in [0.717, 1.165) is 24.0 Å². The van der Waals surface area contributed by atoms with Crippen LogP contribution >= 0.6 is 0 Å². The normalized spacial score (nSPS) is 15.7. The third-order valence-electron chi connectivity index (χ3n) is 5.16. The number of ether oxygens (including phenoxy) is 1. The zero-order valence-electron chi connectivity index (χ0n) is 16.4. The van der Waals surface area contributed by atoms with Crippen LogP contribution in [0.1, 0.15) is 18.1 Å². The molecule has 1 aliphatic heterocycles. The van der Waals surface area contributed by atoms with Crippen LogP contribution < -0.4 is 10.1 Å². The zero-order chi connectivity index (χ0) is 20.2. The van der Waals surface area contributed by atoms with Gasteiger partial charge >= 0.3 is 0 Å². The van der Waals surface area contributed by atoms with E-state index in [2.05, 4.69) is 27.3 Å². The second kappa shape index (κ2) is 8.59. The Balaban J connectivity index is 1.27. The molecule has 6 heteroatoms. The smallest absolute Gasteiger partial charge is 0.260 e. The summed E-state index contributed by atoms with van der Waals surface area (Å²) in [6.07, 6.45) is 0.373. The first-order valence-electron chi connectivity index (χ1n) is 9.85. The number of rotatable bonds is 7. The van der Waals surface area contributed by atoms with E-state index in [9.17, 15) is 9.90 Å². The summed E-state index contributed by atoms with van der Waals surface area (Å²) in [6, 6.07) is 17.7. The van der Waals surface area contributed by atoms with Crippen molar-refractivity contribution in [3.63, 3.8) is 0 Å². The molecule has 150 valence electrons. The zero-order valence-corrected chi connectivity index (χ0v) is 16.4. The third kappa shape index (κ3) is 4.55. The van der Waals surface area contributed by atoms with Gasteiger partial charge in [-0.2, -0.15) is 0 Å². The molecular weight excluding hydrogens is 366 g/mol. The minimum atomic E-state index is -0.689. The lowest BCUT2D eigenvalue weighted by Gasteiger charge is -2.21. The quantitative estimate of drug-likeness (QED) is 0.647. The van der Waals surface area contributed by atoms with Gasteiger partial charge in [0.2, 0.25) is 0 Å². The standard InChI is InChI=1S/C23H25N3O3/c1-16(29-21-10-4-8-17-9-5-11-24-22(17)21)23(28)25-12-20(27)15-26-13-18-6-2-3-7-19(18)14-26/h2-11,16,20,27H,12-15H2,1H3,(H,25,28)/t16-,20?/m1/s1. The maximum Gasteiger partial charge on any atom is 0.260 e. The Bertz CT molecular complexity index is 977. The van der Waals surface area contributed by atoms with E-state index < -0.39 is 12.2 Å². The number of pyridine rings is 1. The molecule has 29 heavy (non-hydrogen) atoms. The number of para-hydroxylation sites is 1. The molecule has 0 fully saturated rings. The molecule has 2 N–H and O–H groups in total. The van der Waals surface area contributed by atoms with Gasteiger partial charge in [-0.25, -0.2) is 0 Å². The van der Waals surface area contributed by atoms with Crippen LogP contribution in [0.25, 0.3) is 10.9 Å². The van der Waals surface area contributed by atoms with E-state index >= 15 is 0 Å². The van der Waals surface area contributed by atoms with E-state index in [4.69, 9.17) is 4.74 Å². The molecule has 2 heterocycles. The Morgan fingerprint density at radius 3 is 2.62 bits per heavy atom. The summed E-state index contributed by atoms with van der Waals surface area (Å²) < 4.78 is 5.83. The fourth-order valence-electron chi connectivity index (χ4n) is 3.67. The van der Waals surface area contributed by atoms with Crippen LogP contribution in [-0.2, 0) is 17.9 Å². The van der Waals surface area contributed by atoms with E-state index in [1.54, 1.807) is 19.2 Å². The summed E-state index contributed by atoms with van der Waals surface area (Å²) in [7, 11) is 0. The van der Waals surface area contributed by atoms with Crippen molar-refractivity contribution in [3.05, 3.63) is 71.9 Å². The highest BCUT2D eigenvalue weighted by Crippen LogP contribution is 2.24. The summed E-state index contributed by atoms with van der Waals surface area (Å²) in [5, 5.41) is 14.1. The van der Waals surface area contributed by atoms with Crippen molar-refractivity contribution in [1.82, 2.24) is 15.2 Å². The molecule has 1 amide bonds. The molecule has 1 aliphatic rings. The SMILES string of the molecule is C[C@@H](Oc1cccc2cccnc12)C(=O)NCC(O)CN1Cc2ccccc2C1. The highest BCUT2D eigenvalue weighted by Gasteiger charge is 2.22. The van der Waals surface area contributed by atoms with Crippen LogP contribution in [0.3, 0.4) is 0 Å². The summed E-state index contributed by atoms with van der Waals surface area (Å²) in [6.45, 7) is 4.05. The van der Waals surface area contributed by atoms with Gasteiger partial charge in [0.05, 0.1) is 6.10 Å². The molecule has 0 saturated carbocycles. The van der Waals surface area contributed by atoms with Gasteiger partial charge in [-0.05, 0) is 30.2 Å². The second-order valence-electron chi connectivity index (χ2n) is 7.43. The minimum absolute atomic E-state index is 0.188. The molecule has 3 aromatic rings. The fraction of sp³-hybridized carbons (Fsp3) is 0.304. The Labute approximate surface area is 170 Å².